The average molecular weight is 198 g/mol. The highest BCUT2D eigenvalue weighted by molar-refractivity contribution is 5.81. The lowest BCUT2D eigenvalue weighted by Crippen LogP contribution is -2.02. The van der Waals surface area contributed by atoms with Gasteiger partial charge >= 0.3 is 5.97 Å². The third kappa shape index (κ3) is 9.30. The average Bonchev–Trinajstić information content (AvgIpc) is 2.18. The van der Waals surface area contributed by atoms with E-state index in [4.69, 9.17) is 4.74 Å². The standard InChI is InChI=1S/C12H22O2/c1-3-5-7-9-11-14-12(13)10-8-6-4-2/h8,10H,3-7,9,11H2,1-2H3/b10-8-. The Morgan fingerprint density at radius 1 is 1.14 bits per heavy atom. The van der Waals surface area contributed by atoms with Crippen molar-refractivity contribution in [2.45, 2.75) is 52.4 Å². The van der Waals surface area contributed by atoms with E-state index in [1.54, 1.807) is 0 Å². The minimum Gasteiger partial charge on any atom is -0.463 e. The van der Waals surface area contributed by atoms with Crippen LogP contribution in [0, 0.1) is 0 Å². The number of allylic oxidation sites excluding steroid dienone is 1. The molecule has 14 heavy (non-hydrogen) atoms. The summed E-state index contributed by atoms with van der Waals surface area (Å²) in [6.07, 6.45) is 10.0. The van der Waals surface area contributed by atoms with Gasteiger partial charge in [0.2, 0.25) is 0 Å². The minimum atomic E-state index is -0.199. The molecule has 0 aromatic carbocycles. The van der Waals surface area contributed by atoms with Gasteiger partial charge in [0.05, 0.1) is 6.61 Å². The lowest BCUT2D eigenvalue weighted by Gasteiger charge is -2.00. The molecule has 0 spiro atoms. The predicted octanol–water partition coefficient (Wildman–Crippen LogP) is 3.47. The molecule has 0 aromatic rings. The van der Waals surface area contributed by atoms with Crippen molar-refractivity contribution in [1.82, 2.24) is 0 Å². The molecular weight excluding hydrogens is 176 g/mol. The van der Waals surface area contributed by atoms with Gasteiger partial charge in [-0.25, -0.2) is 4.79 Å². The van der Waals surface area contributed by atoms with Crippen LogP contribution in [0.5, 0.6) is 0 Å². The summed E-state index contributed by atoms with van der Waals surface area (Å²) in [5.41, 5.74) is 0. The molecule has 0 aliphatic heterocycles. The van der Waals surface area contributed by atoms with Crippen molar-refractivity contribution in [2.75, 3.05) is 6.61 Å². The van der Waals surface area contributed by atoms with Crippen molar-refractivity contribution in [3.05, 3.63) is 12.2 Å². The van der Waals surface area contributed by atoms with Crippen molar-refractivity contribution < 1.29 is 9.53 Å². The Hall–Kier alpha value is -0.790. The Balaban J connectivity index is 3.26. The van der Waals surface area contributed by atoms with E-state index >= 15 is 0 Å². The first-order valence-electron chi connectivity index (χ1n) is 5.64. The molecule has 0 aliphatic rings. The summed E-state index contributed by atoms with van der Waals surface area (Å²) >= 11 is 0. The highest BCUT2D eigenvalue weighted by Crippen LogP contribution is 1.99. The molecule has 0 fully saturated rings. The molecule has 0 unspecified atom stereocenters. The molecule has 0 rings (SSSR count). The number of unbranched alkanes of at least 4 members (excludes halogenated alkanes) is 4. The normalized spacial score (nSPS) is 10.7. The van der Waals surface area contributed by atoms with Gasteiger partial charge in [-0.15, -0.1) is 0 Å². The molecule has 0 N–H and O–H groups in total. The minimum absolute atomic E-state index is 0.199. The van der Waals surface area contributed by atoms with Gasteiger partial charge in [0.1, 0.15) is 0 Å². The van der Waals surface area contributed by atoms with Crippen LogP contribution >= 0.6 is 0 Å². The Labute approximate surface area is 87.3 Å². The lowest BCUT2D eigenvalue weighted by atomic mass is 10.2. The molecule has 0 saturated heterocycles. The highest BCUT2D eigenvalue weighted by Gasteiger charge is 1.95. The maximum atomic E-state index is 11.0. The van der Waals surface area contributed by atoms with Gasteiger partial charge in [-0.05, 0) is 12.8 Å². The maximum absolute atomic E-state index is 11.0. The number of rotatable bonds is 8. The Kier molecular flexibility index (Phi) is 9.71. The summed E-state index contributed by atoms with van der Waals surface area (Å²) in [6.45, 7) is 4.81. The molecule has 0 radical (unpaired) electrons. The summed E-state index contributed by atoms with van der Waals surface area (Å²) in [5.74, 6) is -0.199. The van der Waals surface area contributed by atoms with E-state index in [1.165, 1.54) is 18.9 Å². The smallest absolute Gasteiger partial charge is 0.330 e. The molecule has 0 atom stereocenters. The second kappa shape index (κ2) is 10.3. The first-order chi connectivity index (χ1) is 6.81. The summed E-state index contributed by atoms with van der Waals surface area (Å²) < 4.78 is 5.01. The fourth-order valence-electron chi connectivity index (χ4n) is 1.10. The van der Waals surface area contributed by atoms with Gasteiger partial charge < -0.3 is 4.74 Å². The van der Waals surface area contributed by atoms with E-state index < -0.39 is 0 Å². The number of esters is 1. The number of ether oxygens (including phenoxy) is 1. The van der Waals surface area contributed by atoms with Gasteiger partial charge in [0.25, 0.3) is 0 Å². The Morgan fingerprint density at radius 3 is 2.57 bits per heavy atom. The van der Waals surface area contributed by atoms with Crippen LogP contribution < -0.4 is 0 Å². The molecule has 0 aliphatic carbocycles. The zero-order chi connectivity index (χ0) is 10.6. The van der Waals surface area contributed by atoms with Crippen molar-refractivity contribution in [3.63, 3.8) is 0 Å². The summed E-state index contributed by atoms with van der Waals surface area (Å²) in [5, 5.41) is 0. The van der Waals surface area contributed by atoms with E-state index in [0.717, 1.165) is 25.7 Å². The lowest BCUT2D eigenvalue weighted by molar-refractivity contribution is -0.137. The predicted molar refractivity (Wildman–Crippen MR) is 59.1 cm³/mol. The fourth-order valence-corrected chi connectivity index (χ4v) is 1.10. The molecule has 2 nitrogen and oxygen atoms in total. The van der Waals surface area contributed by atoms with E-state index in [0.29, 0.717) is 6.61 Å². The van der Waals surface area contributed by atoms with Gasteiger partial charge in [-0.2, -0.15) is 0 Å². The quantitative estimate of drug-likeness (QED) is 0.339. The summed E-state index contributed by atoms with van der Waals surface area (Å²) in [7, 11) is 0. The molecule has 0 amide bonds. The Bertz CT molecular complexity index is 162. The monoisotopic (exact) mass is 198 g/mol. The van der Waals surface area contributed by atoms with Crippen molar-refractivity contribution in [2.24, 2.45) is 0 Å². The third-order valence-electron chi connectivity index (χ3n) is 1.95. The van der Waals surface area contributed by atoms with E-state index in [9.17, 15) is 4.79 Å². The van der Waals surface area contributed by atoms with Crippen LogP contribution in [-0.4, -0.2) is 12.6 Å². The second-order valence-electron chi connectivity index (χ2n) is 3.42. The van der Waals surface area contributed by atoms with Crippen molar-refractivity contribution >= 4 is 5.97 Å². The second-order valence-corrected chi connectivity index (χ2v) is 3.42. The zero-order valence-electron chi connectivity index (χ0n) is 9.42. The summed E-state index contributed by atoms with van der Waals surface area (Å²) in [6, 6.07) is 0. The molecule has 0 saturated carbocycles. The summed E-state index contributed by atoms with van der Waals surface area (Å²) in [4.78, 5) is 11.0. The third-order valence-corrected chi connectivity index (χ3v) is 1.95. The number of hydrogen-bond donors (Lipinski definition) is 0. The fraction of sp³-hybridized carbons (Fsp3) is 0.750. The number of hydrogen-bond acceptors (Lipinski definition) is 2. The first-order valence-corrected chi connectivity index (χ1v) is 5.64. The van der Waals surface area contributed by atoms with Crippen LogP contribution in [0.1, 0.15) is 52.4 Å². The Morgan fingerprint density at radius 2 is 1.93 bits per heavy atom. The van der Waals surface area contributed by atoms with Gasteiger partial charge in [0, 0.05) is 6.08 Å². The van der Waals surface area contributed by atoms with Crippen LogP contribution in [0.2, 0.25) is 0 Å². The molecule has 2 heteroatoms. The maximum Gasteiger partial charge on any atom is 0.330 e. The molecule has 0 bridgehead atoms. The van der Waals surface area contributed by atoms with Crippen molar-refractivity contribution in [1.29, 1.82) is 0 Å². The topological polar surface area (TPSA) is 26.3 Å². The van der Waals surface area contributed by atoms with Crippen LogP contribution in [0.4, 0.5) is 0 Å². The zero-order valence-corrected chi connectivity index (χ0v) is 9.42. The van der Waals surface area contributed by atoms with Crippen LogP contribution in [0.15, 0.2) is 12.2 Å². The molecule has 0 heterocycles. The van der Waals surface area contributed by atoms with E-state index in [1.807, 2.05) is 6.08 Å². The SMILES string of the molecule is CCC/C=C\C(=O)OCCCCCC. The molecule has 0 aromatic heterocycles. The van der Waals surface area contributed by atoms with Crippen LogP contribution in [0.25, 0.3) is 0 Å². The highest BCUT2D eigenvalue weighted by atomic mass is 16.5. The van der Waals surface area contributed by atoms with Gasteiger partial charge in [-0.1, -0.05) is 45.6 Å². The van der Waals surface area contributed by atoms with Gasteiger partial charge in [0.15, 0.2) is 0 Å². The van der Waals surface area contributed by atoms with Gasteiger partial charge in [-0.3, -0.25) is 0 Å². The largest absolute Gasteiger partial charge is 0.463 e. The molecular formula is C12H22O2. The van der Waals surface area contributed by atoms with Crippen LogP contribution in [0.3, 0.4) is 0 Å². The van der Waals surface area contributed by atoms with Crippen molar-refractivity contribution in [3.8, 4) is 0 Å². The number of carbonyl (C=O) groups is 1. The number of carbonyl (C=O) groups excluding carboxylic acids is 1. The van der Waals surface area contributed by atoms with E-state index in [-0.39, 0.29) is 5.97 Å². The first kappa shape index (κ1) is 13.2. The van der Waals surface area contributed by atoms with E-state index in [2.05, 4.69) is 13.8 Å². The van der Waals surface area contributed by atoms with Crippen LogP contribution in [-0.2, 0) is 9.53 Å². The molecule has 82 valence electrons.